The second-order valence-corrected chi connectivity index (χ2v) is 4.50. The van der Waals surface area contributed by atoms with Gasteiger partial charge in [0.2, 0.25) is 5.91 Å². The van der Waals surface area contributed by atoms with Crippen LogP contribution in [0.25, 0.3) is 0 Å². The highest BCUT2D eigenvalue weighted by Crippen LogP contribution is 2.12. The topological polar surface area (TPSA) is 67.2 Å². The molecule has 0 atom stereocenters. The number of aryl methyl sites for hydroxylation is 2. The third-order valence-electron chi connectivity index (χ3n) is 2.69. The average Bonchev–Trinajstić information content (AvgIpc) is 2.49. The van der Waals surface area contributed by atoms with Gasteiger partial charge in [-0.1, -0.05) is 0 Å². The van der Waals surface area contributed by atoms with E-state index in [2.05, 4.69) is 10.4 Å². The van der Waals surface area contributed by atoms with E-state index in [-0.39, 0.29) is 18.6 Å². The van der Waals surface area contributed by atoms with Crippen molar-refractivity contribution in [3.05, 3.63) is 17.0 Å². The Morgan fingerprint density at radius 1 is 1.47 bits per heavy atom. The Balaban J connectivity index is 2.61. The van der Waals surface area contributed by atoms with Gasteiger partial charge in [-0.3, -0.25) is 9.48 Å². The number of aliphatic hydroxyl groups is 1. The normalized spacial score (nSPS) is 10.9. The fraction of sp³-hybridized carbons (Fsp3) is 0.667. The molecule has 5 nitrogen and oxygen atoms in total. The van der Waals surface area contributed by atoms with Crippen LogP contribution in [0.15, 0.2) is 0 Å². The fourth-order valence-electron chi connectivity index (χ4n) is 1.78. The third-order valence-corrected chi connectivity index (χ3v) is 2.69. The number of carbonyl (C=O) groups excluding carboxylic acids is 1. The van der Waals surface area contributed by atoms with Gasteiger partial charge < -0.3 is 10.4 Å². The van der Waals surface area contributed by atoms with Gasteiger partial charge in [0.1, 0.15) is 0 Å². The van der Waals surface area contributed by atoms with E-state index >= 15 is 0 Å². The summed E-state index contributed by atoms with van der Waals surface area (Å²) >= 11 is 0. The smallest absolute Gasteiger partial charge is 0.222 e. The van der Waals surface area contributed by atoms with Gasteiger partial charge in [0, 0.05) is 30.3 Å². The van der Waals surface area contributed by atoms with Gasteiger partial charge in [0.25, 0.3) is 0 Å². The number of rotatable bonds is 5. The van der Waals surface area contributed by atoms with Crippen molar-refractivity contribution in [3.63, 3.8) is 0 Å². The molecule has 1 aromatic rings. The summed E-state index contributed by atoms with van der Waals surface area (Å²) in [7, 11) is 0. The third kappa shape index (κ3) is 3.56. The number of carbonyl (C=O) groups is 1. The minimum absolute atomic E-state index is 0.00411. The summed E-state index contributed by atoms with van der Waals surface area (Å²) in [5.41, 5.74) is 2.62. The largest absolute Gasteiger partial charge is 0.392 e. The summed E-state index contributed by atoms with van der Waals surface area (Å²) in [5.74, 6) is 0.0260. The molecule has 0 saturated heterocycles. The Bertz CT molecular complexity index is 397. The number of aromatic nitrogens is 2. The van der Waals surface area contributed by atoms with E-state index < -0.39 is 0 Å². The van der Waals surface area contributed by atoms with Crippen LogP contribution in [0.5, 0.6) is 0 Å². The molecule has 1 aromatic heterocycles. The minimum Gasteiger partial charge on any atom is -0.392 e. The molecular weight excluding hydrogens is 218 g/mol. The van der Waals surface area contributed by atoms with Gasteiger partial charge in [-0.05, 0) is 27.7 Å². The summed E-state index contributed by atoms with van der Waals surface area (Å²) in [4.78, 5) is 11.5. The lowest BCUT2D eigenvalue weighted by atomic mass is 10.2. The molecule has 17 heavy (non-hydrogen) atoms. The second kappa shape index (κ2) is 5.82. The average molecular weight is 239 g/mol. The molecule has 96 valence electrons. The van der Waals surface area contributed by atoms with Crippen LogP contribution in [-0.4, -0.2) is 26.8 Å². The van der Waals surface area contributed by atoms with Crippen molar-refractivity contribution < 1.29 is 9.90 Å². The molecule has 5 heteroatoms. The van der Waals surface area contributed by atoms with Crippen molar-refractivity contribution in [3.8, 4) is 0 Å². The quantitative estimate of drug-likeness (QED) is 0.802. The van der Waals surface area contributed by atoms with E-state index in [4.69, 9.17) is 0 Å². The molecule has 0 bridgehead atoms. The number of hydrogen-bond acceptors (Lipinski definition) is 3. The van der Waals surface area contributed by atoms with Gasteiger partial charge >= 0.3 is 0 Å². The molecule has 2 N–H and O–H groups in total. The van der Waals surface area contributed by atoms with Crippen molar-refractivity contribution in [1.82, 2.24) is 15.1 Å². The highest BCUT2D eigenvalue weighted by molar-refractivity contribution is 5.76. The number of aliphatic hydroxyl groups excluding tert-OH is 1. The highest BCUT2D eigenvalue weighted by Gasteiger charge is 2.11. The van der Waals surface area contributed by atoms with Crippen molar-refractivity contribution in [2.24, 2.45) is 0 Å². The van der Waals surface area contributed by atoms with Crippen molar-refractivity contribution in [2.45, 2.75) is 53.3 Å². The van der Waals surface area contributed by atoms with Crippen LogP contribution in [0, 0.1) is 13.8 Å². The van der Waals surface area contributed by atoms with E-state index in [1.54, 1.807) is 4.68 Å². The van der Waals surface area contributed by atoms with E-state index in [1.807, 2.05) is 27.7 Å². The zero-order valence-corrected chi connectivity index (χ0v) is 10.9. The van der Waals surface area contributed by atoms with Crippen LogP contribution < -0.4 is 5.32 Å². The van der Waals surface area contributed by atoms with Crippen LogP contribution in [0.3, 0.4) is 0 Å². The van der Waals surface area contributed by atoms with Gasteiger partial charge in [-0.2, -0.15) is 5.10 Å². The highest BCUT2D eigenvalue weighted by atomic mass is 16.3. The summed E-state index contributed by atoms with van der Waals surface area (Å²) in [6.07, 6.45) is 0.408. The summed E-state index contributed by atoms with van der Waals surface area (Å²) in [6, 6.07) is 0.163. The zero-order chi connectivity index (χ0) is 13.0. The lowest BCUT2D eigenvalue weighted by Gasteiger charge is -2.09. The van der Waals surface area contributed by atoms with Gasteiger partial charge in [-0.25, -0.2) is 0 Å². The standard InChI is InChI=1S/C12H21N3O2/c1-8(2)13-12(17)5-6-15-10(4)11(7-16)9(3)14-15/h8,16H,5-7H2,1-4H3,(H,13,17). The molecule has 0 saturated carbocycles. The van der Waals surface area contributed by atoms with Gasteiger partial charge in [-0.15, -0.1) is 0 Å². The lowest BCUT2D eigenvalue weighted by molar-refractivity contribution is -0.121. The van der Waals surface area contributed by atoms with E-state index in [0.29, 0.717) is 13.0 Å². The first kappa shape index (κ1) is 13.7. The first-order valence-electron chi connectivity index (χ1n) is 5.88. The molecule has 0 radical (unpaired) electrons. The summed E-state index contributed by atoms with van der Waals surface area (Å²) < 4.78 is 1.78. The molecule has 0 aliphatic heterocycles. The van der Waals surface area contributed by atoms with Gasteiger partial charge in [0.15, 0.2) is 0 Å². The number of hydrogen-bond donors (Lipinski definition) is 2. The van der Waals surface area contributed by atoms with Crippen LogP contribution >= 0.6 is 0 Å². The number of nitrogens with zero attached hydrogens (tertiary/aromatic N) is 2. The monoisotopic (exact) mass is 239 g/mol. The molecule has 0 aromatic carbocycles. The maximum absolute atomic E-state index is 11.5. The Hall–Kier alpha value is -1.36. The lowest BCUT2D eigenvalue weighted by Crippen LogP contribution is -2.30. The summed E-state index contributed by atoms with van der Waals surface area (Å²) in [6.45, 7) is 8.19. The van der Waals surface area contributed by atoms with Crippen LogP contribution in [0.1, 0.15) is 37.2 Å². The van der Waals surface area contributed by atoms with E-state index in [1.165, 1.54) is 0 Å². The molecule has 0 aliphatic rings. The first-order valence-corrected chi connectivity index (χ1v) is 5.88. The second-order valence-electron chi connectivity index (χ2n) is 4.50. The Morgan fingerprint density at radius 3 is 2.59 bits per heavy atom. The molecule has 0 aliphatic carbocycles. The molecule has 0 spiro atoms. The predicted molar refractivity (Wildman–Crippen MR) is 65.5 cm³/mol. The van der Waals surface area contributed by atoms with Crippen molar-refractivity contribution in [2.75, 3.05) is 0 Å². The maximum Gasteiger partial charge on any atom is 0.222 e. The SMILES string of the molecule is Cc1nn(CCC(=O)NC(C)C)c(C)c1CO. The van der Waals surface area contributed by atoms with Crippen LogP contribution in [0.2, 0.25) is 0 Å². The van der Waals surface area contributed by atoms with E-state index in [9.17, 15) is 9.90 Å². The number of nitrogens with one attached hydrogen (secondary N) is 1. The Morgan fingerprint density at radius 2 is 2.12 bits per heavy atom. The molecule has 1 heterocycles. The molecular formula is C12H21N3O2. The van der Waals surface area contributed by atoms with Gasteiger partial charge in [0.05, 0.1) is 12.3 Å². The minimum atomic E-state index is -0.00411. The van der Waals surface area contributed by atoms with Crippen molar-refractivity contribution in [1.29, 1.82) is 0 Å². The summed E-state index contributed by atoms with van der Waals surface area (Å²) in [5, 5.41) is 16.3. The number of amides is 1. The maximum atomic E-state index is 11.5. The Labute approximate surface area is 102 Å². The zero-order valence-electron chi connectivity index (χ0n) is 10.9. The first-order chi connectivity index (χ1) is 7.95. The predicted octanol–water partition coefficient (Wildman–Crippen LogP) is 0.907. The van der Waals surface area contributed by atoms with Crippen molar-refractivity contribution >= 4 is 5.91 Å². The van der Waals surface area contributed by atoms with Crippen LogP contribution in [-0.2, 0) is 17.9 Å². The molecule has 0 unspecified atom stereocenters. The molecule has 1 amide bonds. The van der Waals surface area contributed by atoms with E-state index in [0.717, 1.165) is 17.0 Å². The molecule has 1 rings (SSSR count). The van der Waals surface area contributed by atoms with Crippen LogP contribution in [0.4, 0.5) is 0 Å². The molecule has 0 fully saturated rings. The fourth-order valence-corrected chi connectivity index (χ4v) is 1.78. The Kier molecular flexibility index (Phi) is 4.69.